The van der Waals surface area contributed by atoms with Crippen LogP contribution in [0, 0.1) is 0 Å². The molecule has 0 unspecified atom stereocenters. The van der Waals surface area contributed by atoms with Crippen LogP contribution in [-0.4, -0.2) is 20.2 Å². The SMILES string of the molecule is c1ccc(N=Nc2ccc(-c3cc(-c4ccccn4)nnc3-c3ccccn3)cc2)cc1. The zero-order valence-electron chi connectivity index (χ0n) is 17.1. The summed E-state index contributed by atoms with van der Waals surface area (Å²) in [5.74, 6) is 0. The molecular formula is C26H18N6. The Morgan fingerprint density at radius 1 is 0.500 bits per heavy atom. The molecule has 5 aromatic rings. The molecule has 32 heavy (non-hydrogen) atoms. The van der Waals surface area contributed by atoms with Gasteiger partial charge in [-0.25, -0.2) is 0 Å². The van der Waals surface area contributed by atoms with Gasteiger partial charge in [0.1, 0.15) is 11.4 Å². The van der Waals surface area contributed by atoms with E-state index in [0.29, 0.717) is 11.4 Å². The van der Waals surface area contributed by atoms with Gasteiger partial charge in [-0.1, -0.05) is 42.5 Å². The zero-order chi connectivity index (χ0) is 21.6. The maximum atomic E-state index is 4.51. The smallest absolute Gasteiger partial charge is 0.119 e. The van der Waals surface area contributed by atoms with Crippen molar-refractivity contribution in [3.63, 3.8) is 0 Å². The molecule has 0 radical (unpaired) electrons. The summed E-state index contributed by atoms with van der Waals surface area (Å²) in [6, 6.07) is 31.0. The van der Waals surface area contributed by atoms with Gasteiger partial charge in [-0.15, -0.1) is 10.2 Å². The van der Waals surface area contributed by atoms with Crippen molar-refractivity contribution < 1.29 is 0 Å². The van der Waals surface area contributed by atoms with Gasteiger partial charge in [0.05, 0.1) is 22.8 Å². The van der Waals surface area contributed by atoms with Crippen LogP contribution in [0.2, 0.25) is 0 Å². The Bertz CT molecular complexity index is 1340. The molecule has 0 saturated heterocycles. The third-order valence-electron chi connectivity index (χ3n) is 4.84. The van der Waals surface area contributed by atoms with E-state index in [1.165, 1.54) is 0 Å². The second-order valence-corrected chi connectivity index (χ2v) is 7.00. The molecule has 6 nitrogen and oxygen atoms in total. The second-order valence-electron chi connectivity index (χ2n) is 7.00. The van der Waals surface area contributed by atoms with Crippen molar-refractivity contribution in [3.8, 4) is 33.9 Å². The van der Waals surface area contributed by atoms with Crippen LogP contribution >= 0.6 is 0 Å². The molecule has 0 aliphatic carbocycles. The number of pyridine rings is 2. The summed E-state index contributed by atoms with van der Waals surface area (Å²) in [6.45, 7) is 0. The lowest BCUT2D eigenvalue weighted by Gasteiger charge is -2.10. The molecule has 0 aliphatic rings. The van der Waals surface area contributed by atoms with E-state index in [4.69, 9.17) is 0 Å². The predicted octanol–water partition coefficient (Wildman–Crippen LogP) is 6.68. The molecule has 0 saturated carbocycles. The van der Waals surface area contributed by atoms with Crippen LogP contribution in [0.3, 0.4) is 0 Å². The summed E-state index contributed by atoms with van der Waals surface area (Å²) in [5.41, 5.74) is 6.42. The first-order chi connectivity index (χ1) is 15.9. The van der Waals surface area contributed by atoms with Gasteiger partial charge in [-0.2, -0.15) is 10.2 Å². The van der Waals surface area contributed by atoms with Gasteiger partial charge in [0.15, 0.2) is 0 Å². The minimum atomic E-state index is 0.702. The van der Waals surface area contributed by atoms with Crippen LogP contribution in [0.4, 0.5) is 11.4 Å². The number of hydrogen-bond donors (Lipinski definition) is 0. The third kappa shape index (κ3) is 4.29. The Labute approximate surface area is 185 Å². The Morgan fingerprint density at radius 3 is 1.78 bits per heavy atom. The Hall–Kier alpha value is -4.58. The summed E-state index contributed by atoms with van der Waals surface area (Å²) in [4.78, 5) is 8.87. The molecule has 6 heteroatoms. The van der Waals surface area contributed by atoms with Crippen molar-refractivity contribution in [2.45, 2.75) is 0 Å². The minimum absolute atomic E-state index is 0.702. The summed E-state index contributed by atoms with van der Waals surface area (Å²) in [7, 11) is 0. The van der Waals surface area contributed by atoms with E-state index in [-0.39, 0.29) is 0 Å². The van der Waals surface area contributed by atoms with Crippen LogP contribution < -0.4 is 0 Å². The first kappa shape index (κ1) is 19.4. The van der Waals surface area contributed by atoms with Gasteiger partial charge < -0.3 is 0 Å². The van der Waals surface area contributed by atoms with Crippen LogP contribution in [0.5, 0.6) is 0 Å². The van der Waals surface area contributed by atoms with Crippen LogP contribution in [-0.2, 0) is 0 Å². The van der Waals surface area contributed by atoms with Gasteiger partial charge >= 0.3 is 0 Å². The molecule has 0 aliphatic heterocycles. The molecule has 5 rings (SSSR count). The average Bonchev–Trinajstić information content (AvgIpc) is 2.89. The van der Waals surface area contributed by atoms with Crippen molar-refractivity contribution in [1.29, 1.82) is 0 Å². The lowest BCUT2D eigenvalue weighted by atomic mass is 10.0. The molecule has 0 bridgehead atoms. The van der Waals surface area contributed by atoms with E-state index in [1.807, 2.05) is 97.1 Å². The highest BCUT2D eigenvalue weighted by Crippen LogP contribution is 2.32. The topological polar surface area (TPSA) is 76.3 Å². The highest BCUT2D eigenvalue weighted by Gasteiger charge is 2.14. The van der Waals surface area contributed by atoms with Crippen LogP contribution in [0.25, 0.3) is 33.9 Å². The van der Waals surface area contributed by atoms with Crippen LogP contribution in [0.15, 0.2) is 120 Å². The number of nitrogens with zero attached hydrogens (tertiary/aromatic N) is 6. The lowest BCUT2D eigenvalue weighted by Crippen LogP contribution is -1.97. The van der Waals surface area contributed by atoms with Crippen molar-refractivity contribution in [1.82, 2.24) is 20.2 Å². The average molecular weight is 414 g/mol. The quantitative estimate of drug-likeness (QED) is 0.300. The summed E-state index contributed by atoms with van der Waals surface area (Å²) in [5, 5.41) is 17.5. The summed E-state index contributed by atoms with van der Waals surface area (Å²) in [6.07, 6.45) is 3.50. The van der Waals surface area contributed by atoms with E-state index in [0.717, 1.165) is 33.9 Å². The van der Waals surface area contributed by atoms with E-state index in [1.54, 1.807) is 12.4 Å². The lowest BCUT2D eigenvalue weighted by molar-refractivity contribution is 1.03. The van der Waals surface area contributed by atoms with Gasteiger partial charge in [0.2, 0.25) is 0 Å². The molecule has 0 spiro atoms. The van der Waals surface area contributed by atoms with Gasteiger partial charge in [0, 0.05) is 18.0 Å². The van der Waals surface area contributed by atoms with E-state index < -0.39 is 0 Å². The highest BCUT2D eigenvalue weighted by atomic mass is 15.1. The second kappa shape index (κ2) is 9.06. The summed E-state index contributed by atoms with van der Waals surface area (Å²) >= 11 is 0. The molecule has 3 aromatic heterocycles. The molecule has 3 heterocycles. The Kier molecular flexibility index (Phi) is 5.49. The van der Waals surface area contributed by atoms with Crippen molar-refractivity contribution >= 4 is 11.4 Å². The zero-order valence-corrected chi connectivity index (χ0v) is 17.1. The monoisotopic (exact) mass is 414 g/mol. The van der Waals surface area contributed by atoms with Crippen molar-refractivity contribution in [3.05, 3.63) is 109 Å². The molecule has 2 aromatic carbocycles. The molecule has 0 fully saturated rings. The summed E-state index contributed by atoms with van der Waals surface area (Å²) < 4.78 is 0. The van der Waals surface area contributed by atoms with Gasteiger partial charge in [-0.3, -0.25) is 9.97 Å². The predicted molar refractivity (Wildman–Crippen MR) is 125 cm³/mol. The first-order valence-electron chi connectivity index (χ1n) is 10.1. The third-order valence-corrected chi connectivity index (χ3v) is 4.84. The van der Waals surface area contributed by atoms with Crippen molar-refractivity contribution in [2.75, 3.05) is 0 Å². The molecular weight excluding hydrogens is 396 g/mol. The van der Waals surface area contributed by atoms with Gasteiger partial charge in [-0.05, 0) is 60.2 Å². The maximum Gasteiger partial charge on any atom is 0.119 e. The van der Waals surface area contributed by atoms with Crippen molar-refractivity contribution in [2.24, 2.45) is 10.2 Å². The van der Waals surface area contributed by atoms with E-state index >= 15 is 0 Å². The van der Waals surface area contributed by atoms with E-state index in [9.17, 15) is 0 Å². The normalized spacial score (nSPS) is 11.0. The van der Waals surface area contributed by atoms with E-state index in [2.05, 4.69) is 30.4 Å². The number of benzene rings is 2. The minimum Gasteiger partial charge on any atom is -0.255 e. The highest BCUT2D eigenvalue weighted by molar-refractivity contribution is 5.81. The molecule has 0 amide bonds. The fourth-order valence-corrected chi connectivity index (χ4v) is 3.26. The number of rotatable bonds is 5. The Morgan fingerprint density at radius 2 is 1.12 bits per heavy atom. The maximum absolute atomic E-state index is 4.51. The fraction of sp³-hybridized carbons (Fsp3) is 0. The number of aromatic nitrogens is 4. The fourth-order valence-electron chi connectivity index (χ4n) is 3.26. The largest absolute Gasteiger partial charge is 0.255 e. The Balaban J connectivity index is 1.54. The number of azo groups is 1. The number of hydrogen-bond acceptors (Lipinski definition) is 6. The molecule has 0 atom stereocenters. The van der Waals surface area contributed by atoms with Crippen LogP contribution in [0.1, 0.15) is 0 Å². The van der Waals surface area contributed by atoms with Gasteiger partial charge in [0.25, 0.3) is 0 Å². The standard InChI is InChI=1S/C26H18N6/c1-2-8-20(9-3-1)29-30-21-14-12-19(13-15-21)22-18-25(23-10-4-6-16-27-23)31-32-26(22)24-11-5-7-17-28-24/h1-18H. The molecule has 152 valence electrons. The first-order valence-corrected chi connectivity index (χ1v) is 10.1. The molecule has 0 N–H and O–H groups in total.